The summed E-state index contributed by atoms with van der Waals surface area (Å²) in [6.45, 7) is 3.03. The van der Waals surface area contributed by atoms with Crippen LogP contribution >= 0.6 is 11.6 Å². The molecule has 2 aromatic heterocycles. The number of fused-ring (bicyclic) bond motifs is 1. The lowest BCUT2D eigenvalue weighted by Crippen LogP contribution is -2.00. The van der Waals surface area contributed by atoms with E-state index < -0.39 is 0 Å². The molecular weight excluding hydrogens is 272 g/mol. The summed E-state index contributed by atoms with van der Waals surface area (Å²) in [5.74, 6) is 1.41. The fourth-order valence-corrected chi connectivity index (χ4v) is 2.47. The molecule has 0 aliphatic rings. The van der Waals surface area contributed by atoms with Crippen molar-refractivity contribution in [3.05, 3.63) is 41.6 Å². The Balaban J connectivity index is 2.23. The number of pyridine rings is 1. The SMILES string of the molecule is CCCn1c(-c2ccc(N)nc2)nc2ccc(Cl)cc21. The number of imidazole rings is 1. The van der Waals surface area contributed by atoms with Crippen LogP contribution in [0.2, 0.25) is 5.02 Å². The van der Waals surface area contributed by atoms with Crippen LogP contribution in [0.4, 0.5) is 5.82 Å². The lowest BCUT2D eigenvalue weighted by atomic mass is 10.2. The third-order valence-electron chi connectivity index (χ3n) is 3.20. The molecule has 0 saturated heterocycles. The number of nitrogen functional groups attached to an aromatic ring is 1. The van der Waals surface area contributed by atoms with Crippen LogP contribution in [0, 0.1) is 0 Å². The molecule has 102 valence electrons. The maximum atomic E-state index is 6.10. The van der Waals surface area contributed by atoms with Crippen molar-refractivity contribution in [1.29, 1.82) is 0 Å². The summed E-state index contributed by atoms with van der Waals surface area (Å²) < 4.78 is 2.18. The van der Waals surface area contributed by atoms with Crippen LogP contribution in [-0.2, 0) is 6.54 Å². The maximum absolute atomic E-state index is 6.10. The monoisotopic (exact) mass is 286 g/mol. The molecule has 1 aromatic carbocycles. The minimum atomic E-state index is 0.509. The molecule has 0 saturated carbocycles. The van der Waals surface area contributed by atoms with Gasteiger partial charge in [-0.1, -0.05) is 18.5 Å². The average Bonchev–Trinajstić information content (AvgIpc) is 2.79. The average molecular weight is 287 g/mol. The molecule has 2 heterocycles. The second-order valence-electron chi connectivity index (χ2n) is 4.69. The lowest BCUT2D eigenvalue weighted by molar-refractivity contribution is 0.704. The summed E-state index contributed by atoms with van der Waals surface area (Å²) in [6, 6.07) is 9.49. The molecule has 0 aliphatic carbocycles. The van der Waals surface area contributed by atoms with Gasteiger partial charge in [0, 0.05) is 23.3 Å². The Morgan fingerprint density at radius 1 is 1.25 bits per heavy atom. The number of anilines is 1. The zero-order valence-corrected chi connectivity index (χ0v) is 11.9. The van der Waals surface area contributed by atoms with Crippen LogP contribution in [-0.4, -0.2) is 14.5 Å². The highest BCUT2D eigenvalue weighted by Crippen LogP contribution is 2.27. The third-order valence-corrected chi connectivity index (χ3v) is 3.44. The molecule has 0 amide bonds. The van der Waals surface area contributed by atoms with E-state index in [4.69, 9.17) is 22.3 Å². The van der Waals surface area contributed by atoms with Crippen molar-refractivity contribution >= 4 is 28.5 Å². The van der Waals surface area contributed by atoms with Crippen molar-refractivity contribution in [1.82, 2.24) is 14.5 Å². The summed E-state index contributed by atoms with van der Waals surface area (Å²) in [4.78, 5) is 8.84. The first kappa shape index (κ1) is 12.9. The topological polar surface area (TPSA) is 56.7 Å². The summed E-state index contributed by atoms with van der Waals surface area (Å²) in [5.41, 5.74) is 8.59. The highest BCUT2D eigenvalue weighted by Gasteiger charge is 2.12. The summed E-state index contributed by atoms with van der Waals surface area (Å²) in [7, 11) is 0. The number of hydrogen-bond acceptors (Lipinski definition) is 3. The van der Waals surface area contributed by atoms with Gasteiger partial charge >= 0.3 is 0 Å². The maximum Gasteiger partial charge on any atom is 0.142 e. The molecule has 0 atom stereocenters. The van der Waals surface area contributed by atoms with Crippen LogP contribution in [0.1, 0.15) is 13.3 Å². The van der Waals surface area contributed by atoms with Gasteiger partial charge in [-0.25, -0.2) is 9.97 Å². The standard InChI is InChI=1S/C15H15ClN4/c1-2-7-20-13-8-11(16)4-5-12(13)19-15(20)10-3-6-14(17)18-9-10/h3-6,8-9H,2,7H2,1H3,(H2,17,18). The molecule has 0 unspecified atom stereocenters. The number of nitrogens with zero attached hydrogens (tertiary/aromatic N) is 3. The van der Waals surface area contributed by atoms with Gasteiger partial charge in [0.25, 0.3) is 0 Å². The third kappa shape index (κ3) is 2.23. The van der Waals surface area contributed by atoms with Gasteiger partial charge in [-0.15, -0.1) is 0 Å². The molecule has 5 heteroatoms. The predicted molar refractivity (Wildman–Crippen MR) is 82.7 cm³/mol. The molecule has 20 heavy (non-hydrogen) atoms. The molecule has 0 aliphatic heterocycles. The molecule has 0 spiro atoms. The van der Waals surface area contributed by atoms with Crippen molar-refractivity contribution in [2.75, 3.05) is 5.73 Å². The predicted octanol–water partition coefficient (Wildman–Crippen LogP) is 3.74. The Kier molecular flexibility index (Phi) is 3.32. The van der Waals surface area contributed by atoms with Gasteiger partial charge in [0.05, 0.1) is 11.0 Å². The van der Waals surface area contributed by atoms with E-state index in [2.05, 4.69) is 16.5 Å². The summed E-state index contributed by atoms with van der Waals surface area (Å²) in [6.07, 6.45) is 2.78. The van der Waals surface area contributed by atoms with E-state index in [1.54, 1.807) is 12.3 Å². The molecule has 0 fully saturated rings. The van der Waals surface area contributed by atoms with Gasteiger partial charge in [0.1, 0.15) is 11.6 Å². The van der Waals surface area contributed by atoms with Crippen molar-refractivity contribution in [2.24, 2.45) is 0 Å². The quantitative estimate of drug-likeness (QED) is 0.798. The Morgan fingerprint density at radius 3 is 2.80 bits per heavy atom. The number of benzene rings is 1. The van der Waals surface area contributed by atoms with Crippen molar-refractivity contribution in [3.63, 3.8) is 0 Å². The first-order valence-corrected chi connectivity index (χ1v) is 6.94. The smallest absolute Gasteiger partial charge is 0.142 e. The number of aromatic nitrogens is 3. The van der Waals surface area contributed by atoms with Gasteiger partial charge in [-0.2, -0.15) is 0 Å². The minimum absolute atomic E-state index is 0.509. The molecule has 3 rings (SSSR count). The van der Waals surface area contributed by atoms with Crippen molar-refractivity contribution in [2.45, 2.75) is 19.9 Å². The van der Waals surface area contributed by atoms with Crippen LogP contribution in [0.5, 0.6) is 0 Å². The van der Waals surface area contributed by atoms with Crippen molar-refractivity contribution in [3.8, 4) is 11.4 Å². The fraction of sp³-hybridized carbons (Fsp3) is 0.200. The second kappa shape index (κ2) is 5.13. The largest absolute Gasteiger partial charge is 0.384 e. The number of aryl methyl sites for hydroxylation is 1. The molecule has 4 nitrogen and oxygen atoms in total. The van der Waals surface area contributed by atoms with E-state index in [9.17, 15) is 0 Å². The zero-order chi connectivity index (χ0) is 14.1. The van der Waals surface area contributed by atoms with Gasteiger partial charge < -0.3 is 10.3 Å². The zero-order valence-electron chi connectivity index (χ0n) is 11.2. The number of halogens is 1. The summed E-state index contributed by atoms with van der Waals surface area (Å²) in [5, 5.41) is 0.719. The van der Waals surface area contributed by atoms with Gasteiger partial charge in [0.15, 0.2) is 0 Å². The Hall–Kier alpha value is -2.07. The first-order chi connectivity index (χ1) is 9.69. The van der Waals surface area contributed by atoms with E-state index in [1.165, 1.54) is 0 Å². The Bertz CT molecular complexity index is 746. The van der Waals surface area contributed by atoms with E-state index in [0.29, 0.717) is 5.82 Å². The number of nitrogens with two attached hydrogens (primary N) is 1. The number of rotatable bonds is 3. The molecule has 2 N–H and O–H groups in total. The fourth-order valence-electron chi connectivity index (χ4n) is 2.30. The highest BCUT2D eigenvalue weighted by molar-refractivity contribution is 6.31. The van der Waals surface area contributed by atoms with E-state index in [1.807, 2.05) is 24.3 Å². The normalized spacial score (nSPS) is 11.1. The lowest BCUT2D eigenvalue weighted by Gasteiger charge is -2.07. The van der Waals surface area contributed by atoms with E-state index >= 15 is 0 Å². The molecule has 0 bridgehead atoms. The van der Waals surface area contributed by atoms with Crippen LogP contribution in [0.15, 0.2) is 36.5 Å². The second-order valence-corrected chi connectivity index (χ2v) is 5.13. The van der Waals surface area contributed by atoms with Crippen molar-refractivity contribution < 1.29 is 0 Å². The van der Waals surface area contributed by atoms with Crippen LogP contribution in [0.25, 0.3) is 22.4 Å². The minimum Gasteiger partial charge on any atom is -0.384 e. The number of hydrogen-bond donors (Lipinski definition) is 1. The van der Waals surface area contributed by atoms with E-state index in [-0.39, 0.29) is 0 Å². The Labute approximate surface area is 122 Å². The summed E-state index contributed by atoms with van der Waals surface area (Å²) >= 11 is 6.10. The molecule has 0 radical (unpaired) electrons. The molecular formula is C15H15ClN4. The van der Waals surface area contributed by atoms with Gasteiger partial charge in [-0.05, 0) is 36.8 Å². The Morgan fingerprint density at radius 2 is 2.10 bits per heavy atom. The highest BCUT2D eigenvalue weighted by atomic mass is 35.5. The van der Waals surface area contributed by atoms with E-state index in [0.717, 1.165) is 40.4 Å². The van der Waals surface area contributed by atoms with Crippen LogP contribution in [0.3, 0.4) is 0 Å². The van der Waals surface area contributed by atoms with Crippen LogP contribution < -0.4 is 5.73 Å². The van der Waals surface area contributed by atoms with Gasteiger partial charge in [-0.3, -0.25) is 0 Å². The van der Waals surface area contributed by atoms with Gasteiger partial charge in [0.2, 0.25) is 0 Å². The molecule has 3 aromatic rings. The first-order valence-electron chi connectivity index (χ1n) is 6.56.